The molecule has 0 radical (unpaired) electrons. The Kier molecular flexibility index (Phi) is 13.1. The van der Waals surface area contributed by atoms with Gasteiger partial charge in [0.2, 0.25) is 6.08 Å². The van der Waals surface area contributed by atoms with Crippen LogP contribution in [0.4, 0.5) is 0 Å². The Labute approximate surface area is 124 Å². The fourth-order valence-electron chi connectivity index (χ4n) is 2.14. The Morgan fingerprint density at radius 1 is 1.00 bits per heavy atom. The minimum absolute atomic E-state index is 0.505. The van der Waals surface area contributed by atoms with Gasteiger partial charge in [-0.1, -0.05) is 6.92 Å². The summed E-state index contributed by atoms with van der Waals surface area (Å²) in [5.41, 5.74) is 0. The second-order valence-electron chi connectivity index (χ2n) is 4.57. The van der Waals surface area contributed by atoms with Gasteiger partial charge in [-0.3, -0.25) is 0 Å². The van der Waals surface area contributed by atoms with E-state index in [1.165, 1.54) is 0 Å². The summed E-state index contributed by atoms with van der Waals surface area (Å²) in [6.45, 7) is 9.51. The van der Waals surface area contributed by atoms with Crippen molar-refractivity contribution in [2.75, 3.05) is 33.0 Å². The average Bonchev–Trinajstić information content (AvgIpc) is 2.44. The summed E-state index contributed by atoms with van der Waals surface area (Å²) >= 11 is 0. The molecule has 0 saturated carbocycles. The second kappa shape index (κ2) is 13.5. The highest BCUT2D eigenvalue weighted by Gasteiger charge is 2.35. The molecule has 6 heteroatoms. The van der Waals surface area contributed by atoms with E-state index in [0.29, 0.717) is 19.8 Å². The SMILES string of the molecule is CCCOCCC[Si](CCCN=C=O)(OCC)OCC. The minimum atomic E-state index is -2.18. The van der Waals surface area contributed by atoms with Gasteiger partial charge in [-0.25, -0.2) is 9.79 Å². The molecule has 0 amide bonds. The van der Waals surface area contributed by atoms with Gasteiger partial charge in [0, 0.05) is 26.4 Å². The van der Waals surface area contributed by atoms with Crippen molar-refractivity contribution < 1.29 is 18.4 Å². The first-order chi connectivity index (χ1) is 9.74. The monoisotopic (exact) mass is 303 g/mol. The first-order valence-electron chi connectivity index (χ1n) is 7.64. The van der Waals surface area contributed by atoms with E-state index in [2.05, 4.69) is 11.9 Å². The summed E-state index contributed by atoms with van der Waals surface area (Å²) in [6.07, 6.45) is 4.40. The molecule has 0 unspecified atom stereocenters. The fraction of sp³-hybridized carbons (Fsp3) is 0.929. The smallest absolute Gasteiger partial charge is 0.338 e. The van der Waals surface area contributed by atoms with Gasteiger partial charge >= 0.3 is 8.56 Å². The van der Waals surface area contributed by atoms with E-state index in [9.17, 15) is 4.79 Å². The van der Waals surface area contributed by atoms with E-state index in [1.807, 2.05) is 13.8 Å². The molecule has 20 heavy (non-hydrogen) atoms. The third-order valence-electron chi connectivity index (χ3n) is 2.90. The number of hydrogen-bond acceptors (Lipinski definition) is 5. The molecule has 0 N–H and O–H groups in total. The highest BCUT2D eigenvalue weighted by Crippen LogP contribution is 2.23. The first-order valence-corrected chi connectivity index (χ1v) is 9.87. The van der Waals surface area contributed by atoms with Crippen LogP contribution in [0.25, 0.3) is 0 Å². The molecule has 0 rings (SSSR count). The molecule has 0 heterocycles. The zero-order valence-corrected chi connectivity index (χ0v) is 14.2. The summed E-state index contributed by atoms with van der Waals surface area (Å²) in [7, 11) is -2.18. The average molecular weight is 303 g/mol. The van der Waals surface area contributed by atoms with Crippen molar-refractivity contribution >= 4 is 14.6 Å². The van der Waals surface area contributed by atoms with Gasteiger partial charge in [0.15, 0.2) is 0 Å². The van der Waals surface area contributed by atoms with Crippen LogP contribution in [0, 0.1) is 0 Å². The second-order valence-corrected chi connectivity index (χ2v) is 7.97. The van der Waals surface area contributed by atoms with Crippen LogP contribution in [-0.4, -0.2) is 47.6 Å². The lowest BCUT2D eigenvalue weighted by molar-refractivity contribution is 0.128. The van der Waals surface area contributed by atoms with Gasteiger partial charge in [-0.15, -0.1) is 0 Å². The van der Waals surface area contributed by atoms with E-state index in [4.69, 9.17) is 13.6 Å². The lowest BCUT2D eigenvalue weighted by Crippen LogP contribution is -2.42. The molecule has 5 nitrogen and oxygen atoms in total. The molecule has 0 aliphatic heterocycles. The van der Waals surface area contributed by atoms with Gasteiger partial charge in [0.05, 0.1) is 6.54 Å². The van der Waals surface area contributed by atoms with Crippen LogP contribution in [0.5, 0.6) is 0 Å². The van der Waals surface area contributed by atoms with Gasteiger partial charge in [-0.2, -0.15) is 0 Å². The van der Waals surface area contributed by atoms with E-state index in [0.717, 1.165) is 44.6 Å². The molecular formula is C14H29NO4Si. The standard InChI is InChI=1S/C14H29NO4Si/c1-4-10-17-11-8-13-20(18-5-2,19-6-3)12-7-9-15-14-16/h4-13H2,1-3H3. The molecule has 0 fully saturated rings. The maximum absolute atomic E-state index is 10.1. The van der Waals surface area contributed by atoms with Crippen LogP contribution in [-0.2, 0) is 18.4 Å². The molecule has 118 valence electrons. The third-order valence-corrected chi connectivity index (χ3v) is 6.76. The summed E-state index contributed by atoms with van der Waals surface area (Å²) in [5, 5.41) is 0. The molecule has 0 bridgehead atoms. The largest absolute Gasteiger partial charge is 0.394 e. The number of rotatable bonds is 14. The topological polar surface area (TPSA) is 57.1 Å². The molecule has 0 atom stereocenters. The predicted molar refractivity (Wildman–Crippen MR) is 82.0 cm³/mol. The molecule has 0 aromatic heterocycles. The summed E-state index contributed by atoms with van der Waals surface area (Å²) in [4.78, 5) is 13.7. The Bertz CT molecular complexity index is 264. The maximum Gasteiger partial charge on any atom is 0.338 e. The number of hydrogen-bond donors (Lipinski definition) is 0. The Balaban J connectivity index is 4.28. The minimum Gasteiger partial charge on any atom is -0.394 e. The quantitative estimate of drug-likeness (QED) is 0.214. The van der Waals surface area contributed by atoms with Crippen molar-refractivity contribution in [1.82, 2.24) is 0 Å². The van der Waals surface area contributed by atoms with Crippen LogP contribution >= 0.6 is 0 Å². The van der Waals surface area contributed by atoms with E-state index >= 15 is 0 Å². The first kappa shape index (κ1) is 19.5. The molecule has 0 spiro atoms. The van der Waals surface area contributed by atoms with E-state index < -0.39 is 8.56 Å². The lowest BCUT2D eigenvalue weighted by Gasteiger charge is -2.30. The zero-order chi connectivity index (χ0) is 15.1. The van der Waals surface area contributed by atoms with Gasteiger partial charge in [0.25, 0.3) is 0 Å². The fourth-order valence-corrected chi connectivity index (χ4v) is 5.49. The number of isocyanates is 1. The van der Waals surface area contributed by atoms with Crippen molar-refractivity contribution in [2.24, 2.45) is 4.99 Å². The summed E-state index contributed by atoms with van der Waals surface area (Å²) in [6, 6.07) is 1.80. The van der Waals surface area contributed by atoms with Crippen molar-refractivity contribution in [1.29, 1.82) is 0 Å². The Hall–Kier alpha value is -0.523. The van der Waals surface area contributed by atoms with E-state index in [1.54, 1.807) is 6.08 Å². The van der Waals surface area contributed by atoms with Crippen LogP contribution < -0.4 is 0 Å². The number of ether oxygens (including phenoxy) is 1. The van der Waals surface area contributed by atoms with E-state index in [-0.39, 0.29) is 0 Å². The Morgan fingerprint density at radius 2 is 1.65 bits per heavy atom. The van der Waals surface area contributed by atoms with Gasteiger partial charge < -0.3 is 13.6 Å². The van der Waals surface area contributed by atoms with Crippen LogP contribution in [0.1, 0.15) is 40.0 Å². The molecular weight excluding hydrogens is 274 g/mol. The van der Waals surface area contributed by atoms with Crippen LogP contribution in [0.2, 0.25) is 12.1 Å². The van der Waals surface area contributed by atoms with Crippen molar-refractivity contribution in [3.8, 4) is 0 Å². The number of carbonyl (C=O) groups excluding carboxylic acids is 1. The third kappa shape index (κ3) is 9.39. The van der Waals surface area contributed by atoms with Crippen LogP contribution in [0.3, 0.4) is 0 Å². The molecule has 0 aliphatic rings. The molecule has 0 aliphatic carbocycles. The van der Waals surface area contributed by atoms with Crippen molar-refractivity contribution in [3.63, 3.8) is 0 Å². The molecule has 0 aromatic rings. The van der Waals surface area contributed by atoms with Crippen LogP contribution in [0.15, 0.2) is 4.99 Å². The zero-order valence-electron chi connectivity index (χ0n) is 13.2. The van der Waals surface area contributed by atoms with Crippen molar-refractivity contribution in [3.05, 3.63) is 0 Å². The molecule has 0 aromatic carbocycles. The van der Waals surface area contributed by atoms with Crippen molar-refractivity contribution in [2.45, 2.75) is 52.1 Å². The molecule has 0 saturated heterocycles. The normalized spacial score (nSPS) is 11.3. The Morgan fingerprint density at radius 3 is 2.20 bits per heavy atom. The van der Waals surface area contributed by atoms with Gasteiger partial charge in [0.1, 0.15) is 0 Å². The maximum atomic E-state index is 10.1. The number of nitrogens with zero attached hydrogens (tertiary/aromatic N) is 1. The summed E-state index contributed by atoms with van der Waals surface area (Å²) < 4.78 is 17.5. The summed E-state index contributed by atoms with van der Waals surface area (Å²) in [5.74, 6) is 0. The highest BCUT2D eigenvalue weighted by molar-refractivity contribution is 6.67. The van der Waals surface area contributed by atoms with Gasteiger partial charge in [-0.05, 0) is 45.2 Å². The highest BCUT2D eigenvalue weighted by atomic mass is 28.4. The predicted octanol–water partition coefficient (Wildman–Crippen LogP) is 3.04. The number of aliphatic imine (C=N–C) groups is 1. The lowest BCUT2D eigenvalue weighted by atomic mass is 10.5.